The van der Waals surface area contributed by atoms with Gasteiger partial charge in [-0.3, -0.25) is 4.79 Å². The second kappa shape index (κ2) is 5.73. The Labute approximate surface area is 94.2 Å². The van der Waals surface area contributed by atoms with Crippen LogP contribution in [0.5, 0.6) is 0 Å². The van der Waals surface area contributed by atoms with Crippen LogP contribution >= 0.6 is 11.6 Å². The van der Waals surface area contributed by atoms with E-state index in [0.717, 1.165) is 5.56 Å². The third-order valence-electron chi connectivity index (χ3n) is 2.21. The van der Waals surface area contributed by atoms with Crippen LogP contribution in [0.15, 0.2) is 24.3 Å². The van der Waals surface area contributed by atoms with Gasteiger partial charge in [0.15, 0.2) is 0 Å². The van der Waals surface area contributed by atoms with Crippen molar-refractivity contribution in [2.75, 3.05) is 13.7 Å². The lowest BCUT2D eigenvalue weighted by Gasteiger charge is -2.11. The van der Waals surface area contributed by atoms with Crippen LogP contribution in [0, 0.1) is 5.92 Å². The van der Waals surface area contributed by atoms with E-state index in [1.54, 1.807) is 12.1 Å². The smallest absolute Gasteiger partial charge is 0.310 e. The molecule has 2 N–H and O–H groups in total. The van der Waals surface area contributed by atoms with Crippen LogP contribution in [0.2, 0.25) is 5.02 Å². The summed E-state index contributed by atoms with van der Waals surface area (Å²) in [6.07, 6.45) is 0.584. The van der Waals surface area contributed by atoms with E-state index < -0.39 is 0 Å². The molecule has 1 aromatic carbocycles. The number of nitrogens with two attached hydrogens (primary N) is 1. The first-order chi connectivity index (χ1) is 7.17. The molecule has 0 saturated heterocycles. The molecule has 0 spiro atoms. The van der Waals surface area contributed by atoms with Crippen molar-refractivity contribution in [3.05, 3.63) is 34.9 Å². The Bertz CT molecular complexity index is 324. The molecular weight excluding hydrogens is 214 g/mol. The number of hydrogen-bond donors (Lipinski definition) is 1. The lowest BCUT2D eigenvalue weighted by Crippen LogP contribution is -2.26. The number of rotatable bonds is 4. The minimum Gasteiger partial charge on any atom is -0.469 e. The lowest BCUT2D eigenvalue weighted by atomic mass is 10.00. The molecule has 0 unspecified atom stereocenters. The van der Waals surface area contributed by atoms with Gasteiger partial charge in [-0.2, -0.15) is 0 Å². The molecule has 15 heavy (non-hydrogen) atoms. The number of carbonyl (C=O) groups excluding carboxylic acids is 1. The van der Waals surface area contributed by atoms with Gasteiger partial charge in [-0.05, 0) is 24.1 Å². The summed E-state index contributed by atoms with van der Waals surface area (Å²) in [6, 6.07) is 7.35. The molecule has 1 aromatic rings. The molecule has 0 aromatic heterocycles. The van der Waals surface area contributed by atoms with E-state index in [2.05, 4.69) is 4.74 Å². The van der Waals surface area contributed by atoms with Gasteiger partial charge in [0, 0.05) is 11.6 Å². The SMILES string of the molecule is COC(=O)[C@@H](CN)Cc1ccc(Cl)cc1. The summed E-state index contributed by atoms with van der Waals surface area (Å²) in [6.45, 7) is 0.287. The first-order valence-electron chi connectivity index (χ1n) is 4.69. The van der Waals surface area contributed by atoms with Crippen LogP contribution in [0.3, 0.4) is 0 Å². The van der Waals surface area contributed by atoms with E-state index in [4.69, 9.17) is 17.3 Å². The van der Waals surface area contributed by atoms with Gasteiger partial charge in [0.2, 0.25) is 0 Å². The maximum absolute atomic E-state index is 11.3. The van der Waals surface area contributed by atoms with Gasteiger partial charge in [-0.1, -0.05) is 23.7 Å². The standard InChI is InChI=1S/C11H14ClNO2/c1-15-11(14)9(7-13)6-8-2-4-10(12)5-3-8/h2-5,9H,6-7,13H2,1H3/t9-/m1/s1. The van der Waals surface area contributed by atoms with Gasteiger partial charge in [0.25, 0.3) is 0 Å². The highest BCUT2D eigenvalue weighted by Crippen LogP contribution is 2.13. The zero-order valence-corrected chi connectivity index (χ0v) is 9.33. The Balaban J connectivity index is 2.66. The van der Waals surface area contributed by atoms with Crippen molar-refractivity contribution in [3.8, 4) is 0 Å². The van der Waals surface area contributed by atoms with Crippen LogP contribution in [0.4, 0.5) is 0 Å². The molecule has 1 rings (SSSR count). The highest BCUT2D eigenvalue weighted by atomic mass is 35.5. The van der Waals surface area contributed by atoms with E-state index in [9.17, 15) is 4.79 Å². The van der Waals surface area contributed by atoms with Gasteiger partial charge in [0.05, 0.1) is 13.0 Å². The molecule has 0 fully saturated rings. The average molecular weight is 228 g/mol. The molecule has 0 bridgehead atoms. The molecule has 0 aliphatic rings. The third kappa shape index (κ3) is 3.53. The lowest BCUT2D eigenvalue weighted by molar-refractivity contribution is -0.145. The Morgan fingerprint density at radius 3 is 2.53 bits per heavy atom. The van der Waals surface area contributed by atoms with Crippen molar-refractivity contribution in [1.82, 2.24) is 0 Å². The number of ether oxygens (including phenoxy) is 1. The van der Waals surface area contributed by atoms with Crippen molar-refractivity contribution < 1.29 is 9.53 Å². The fraction of sp³-hybridized carbons (Fsp3) is 0.364. The topological polar surface area (TPSA) is 52.3 Å². The molecule has 0 amide bonds. The molecule has 1 atom stereocenters. The number of carbonyl (C=O) groups is 1. The van der Waals surface area contributed by atoms with Crippen molar-refractivity contribution >= 4 is 17.6 Å². The van der Waals surface area contributed by atoms with E-state index in [1.165, 1.54) is 7.11 Å². The molecule has 0 saturated carbocycles. The van der Waals surface area contributed by atoms with Crippen molar-refractivity contribution in [1.29, 1.82) is 0 Å². The van der Waals surface area contributed by atoms with Crippen LogP contribution in [0.1, 0.15) is 5.56 Å². The summed E-state index contributed by atoms with van der Waals surface area (Å²) in [7, 11) is 1.37. The van der Waals surface area contributed by atoms with Gasteiger partial charge in [-0.15, -0.1) is 0 Å². The van der Waals surface area contributed by atoms with Crippen molar-refractivity contribution in [2.45, 2.75) is 6.42 Å². The Hall–Kier alpha value is -1.06. The summed E-state index contributed by atoms with van der Waals surface area (Å²) in [5.41, 5.74) is 6.53. The number of hydrogen-bond acceptors (Lipinski definition) is 3. The second-order valence-corrected chi connectivity index (χ2v) is 3.72. The van der Waals surface area contributed by atoms with Gasteiger partial charge in [0.1, 0.15) is 0 Å². The fourth-order valence-electron chi connectivity index (χ4n) is 1.33. The Morgan fingerprint density at radius 1 is 1.47 bits per heavy atom. The van der Waals surface area contributed by atoms with Crippen molar-refractivity contribution in [2.24, 2.45) is 11.7 Å². The predicted octanol–water partition coefficient (Wildman–Crippen LogP) is 1.63. The predicted molar refractivity (Wildman–Crippen MR) is 59.7 cm³/mol. The first-order valence-corrected chi connectivity index (χ1v) is 5.07. The maximum atomic E-state index is 11.3. The fourth-order valence-corrected chi connectivity index (χ4v) is 1.46. The van der Waals surface area contributed by atoms with Gasteiger partial charge >= 0.3 is 5.97 Å². The quantitative estimate of drug-likeness (QED) is 0.796. The molecule has 82 valence electrons. The number of esters is 1. The highest BCUT2D eigenvalue weighted by Gasteiger charge is 2.17. The summed E-state index contributed by atoms with van der Waals surface area (Å²) < 4.78 is 4.65. The zero-order valence-electron chi connectivity index (χ0n) is 8.57. The third-order valence-corrected chi connectivity index (χ3v) is 2.47. The number of halogens is 1. The minimum atomic E-state index is -0.281. The molecule has 3 nitrogen and oxygen atoms in total. The summed E-state index contributed by atoms with van der Waals surface area (Å²) in [4.78, 5) is 11.3. The van der Waals surface area contributed by atoms with Gasteiger partial charge < -0.3 is 10.5 Å². The normalized spacial score (nSPS) is 12.2. The largest absolute Gasteiger partial charge is 0.469 e. The number of methoxy groups -OCH3 is 1. The summed E-state index contributed by atoms with van der Waals surface area (Å²) in [5, 5.41) is 0.682. The molecule has 0 aliphatic heterocycles. The van der Waals surface area contributed by atoms with Crippen LogP contribution in [-0.2, 0) is 16.0 Å². The highest BCUT2D eigenvalue weighted by molar-refractivity contribution is 6.30. The molecule has 4 heteroatoms. The van der Waals surface area contributed by atoms with E-state index >= 15 is 0 Å². The van der Waals surface area contributed by atoms with Crippen LogP contribution in [0.25, 0.3) is 0 Å². The van der Waals surface area contributed by atoms with Crippen LogP contribution in [-0.4, -0.2) is 19.6 Å². The second-order valence-electron chi connectivity index (χ2n) is 3.29. The Kier molecular flexibility index (Phi) is 4.59. The van der Waals surface area contributed by atoms with E-state index in [1.807, 2.05) is 12.1 Å². The average Bonchev–Trinajstić information content (AvgIpc) is 2.27. The maximum Gasteiger partial charge on any atom is 0.310 e. The summed E-state index contributed by atoms with van der Waals surface area (Å²) in [5.74, 6) is -0.552. The molecular formula is C11H14ClNO2. The Morgan fingerprint density at radius 2 is 2.07 bits per heavy atom. The molecule has 0 radical (unpaired) electrons. The van der Waals surface area contributed by atoms with E-state index in [0.29, 0.717) is 11.4 Å². The monoisotopic (exact) mass is 227 g/mol. The zero-order chi connectivity index (χ0) is 11.3. The number of benzene rings is 1. The first kappa shape index (κ1) is 12.0. The van der Waals surface area contributed by atoms with E-state index in [-0.39, 0.29) is 18.4 Å². The van der Waals surface area contributed by atoms with Crippen molar-refractivity contribution in [3.63, 3.8) is 0 Å². The minimum absolute atomic E-state index is 0.271. The summed E-state index contributed by atoms with van der Waals surface area (Å²) >= 11 is 5.76. The molecule has 0 aliphatic carbocycles. The molecule has 0 heterocycles. The van der Waals surface area contributed by atoms with Crippen LogP contribution < -0.4 is 5.73 Å². The van der Waals surface area contributed by atoms with Gasteiger partial charge in [-0.25, -0.2) is 0 Å².